The molecular weight excluding hydrogens is 302 g/mol. The van der Waals surface area contributed by atoms with Gasteiger partial charge in [0, 0.05) is 10.2 Å². The van der Waals surface area contributed by atoms with Crippen molar-refractivity contribution in [1.82, 2.24) is 0 Å². The average Bonchev–Trinajstić information content (AvgIpc) is 2.25. The van der Waals surface area contributed by atoms with Gasteiger partial charge in [-0.2, -0.15) is 0 Å². The second-order valence-corrected chi connectivity index (χ2v) is 4.82. The summed E-state index contributed by atoms with van der Waals surface area (Å²) in [5.41, 5.74) is 6.83. The standard InChI is InChI=1S/C13H11BrF2N2/c1-7-2-3-12(9(14)4-7)18-13-10(15)5-8(17)6-11(13)16/h2-6,18H,17H2,1H3. The molecule has 2 rings (SSSR count). The van der Waals surface area contributed by atoms with E-state index < -0.39 is 11.6 Å². The Morgan fingerprint density at radius 3 is 2.28 bits per heavy atom. The Kier molecular flexibility index (Phi) is 3.52. The van der Waals surface area contributed by atoms with Gasteiger partial charge in [-0.25, -0.2) is 8.78 Å². The normalized spacial score (nSPS) is 10.4. The van der Waals surface area contributed by atoms with E-state index in [9.17, 15) is 8.78 Å². The van der Waals surface area contributed by atoms with Gasteiger partial charge < -0.3 is 11.1 Å². The number of rotatable bonds is 2. The number of hydrogen-bond donors (Lipinski definition) is 2. The Labute approximate surface area is 112 Å². The van der Waals surface area contributed by atoms with Gasteiger partial charge in [-0.1, -0.05) is 6.07 Å². The molecule has 0 fully saturated rings. The van der Waals surface area contributed by atoms with Crippen molar-refractivity contribution in [2.45, 2.75) is 6.92 Å². The molecule has 0 spiro atoms. The van der Waals surface area contributed by atoms with Gasteiger partial charge in [0.1, 0.15) is 5.69 Å². The monoisotopic (exact) mass is 312 g/mol. The van der Waals surface area contributed by atoms with Crippen LogP contribution in [-0.4, -0.2) is 0 Å². The smallest absolute Gasteiger partial charge is 0.151 e. The first-order valence-electron chi connectivity index (χ1n) is 5.25. The van der Waals surface area contributed by atoms with Gasteiger partial charge in [-0.15, -0.1) is 0 Å². The number of halogens is 3. The summed E-state index contributed by atoms with van der Waals surface area (Å²) in [6.45, 7) is 1.93. The molecule has 5 heteroatoms. The molecule has 0 radical (unpaired) electrons. The SMILES string of the molecule is Cc1ccc(Nc2c(F)cc(N)cc2F)c(Br)c1. The van der Waals surface area contributed by atoms with E-state index >= 15 is 0 Å². The molecule has 3 N–H and O–H groups in total. The predicted octanol–water partition coefficient (Wildman–Crippen LogP) is 4.36. The lowest BCUT2D eigenvalue weighted by Gasteiger charge is -2.11. The van der Waals surface area contributed by atoms with E-state index in [0.717, 1.165) is 22.2 Å². The third kappa shape index (κ3) is 2.61. The minimum atomic E-state index is -0.722. The van der Waals surface area contributed by atoms with Crippen molar-refractivity contribution in [3.8, 4) is 0 Å². The van der Waals surface area contributed by atoms with E-state index in [1.54, 1.807) is 6.07 Å². The summed E-state index contributed by atoms with van der Waals surface area (Å²) in [6.07, 6.45) is 0. The van der Waals surface area contributed by atoms with Gasteiger partial charge in [0.05, 0.1) is 5.69 Å². The number of benzene rings is 2. The molecule has 0 saturated heterocycles. The van der Waals surface area contributed by atoms with Gasteiger partial charge in [0.25, 0.3) is 0 Å². The third-order valence-electron chi connectivity index (χ3n) is 2.45. The minimum Gasteiger partial charge on any atom is -0.399 e. The number of nitrogen functional groups attached to an aromatic ring is 1. The first-order valence-corrected chi connectivity index (χ1v) is 6.04. The molecule has 0 aliphatic heterocycles. The van der Waals surface area contributed by atoms with E-state index in [0.29, 0.717) is 5.69 Å². The molecule has 0 heterocycles. The lowest BCUT2D eigenvalue weighted by molar-refractivity contribution is 0.592. The molecule has 0 aliphatic rings. The van der Waals surface area contributed by atoms with Crippen LogP contribution < -0.4 is 11.1 Å². The van der Waals surface area contributed by atoms with Crippen LogP contribution >= 0.6 is 15.9 Å². The molecule has 0 saturated carbocycles. The molecule has 0 aliphatic carbocycles. The fourth-order valence-electron chi connectivity index (χ4n) is 1.57. The highest BCUT2D eigenvalue weighted by Crippen LogP contribution is 2.30. The van der Waals surface area contributed by atoms with Gasteiger partial charge in [-0.05, 0) is 52.7 Å². The molecule has 94 valence electrons. The first kappa shape index (κ1) is 12.8. The van der Waals surface area contributed by atoms with Crippen LogP contribution in [0.15, 0.2) is 34.8 Å². The Balaban J connectivity index is 2.40. The first-order chi connectivity index (χ1) is 8.47. The summed E-state index contributed by atoms with van der Waals surface area (Å²) in [7, 11) is 0. The summed E-state index contributed by atoms with van der Waals surface area (Å²) >= 11 is 3.34. The van der Waals surface area contributed by atoms with Crippen LogP contribution in [0.2, 0.25) is 0 Å². The van der Waals surface area contributed by atoms with Crippen molar-refractivity contribution in [3.63, 3.8) is 0 Å². The molecule has 18 heavy (non-hydrogen) atoms. The van der Waals surface area contributed by atoms with Crippen LogP contribution in [0.4, 0.5) is 25.8 Å². The van der Waals surface area contributed by atoms with Crippen LogP contribution in [0.3, 0.4) is 0 Å². The lowest BCUT2D eigenvalue weighted by Crippen LogP contribution is -2.00. The minimum absolute atomic E-state index is 0.0542. The molecule has 0 aromatic heterocycles. The molecular formula is C13H11BrF2N2. The van der Waals surface area contributed by atoms with Crippen molar-refractivity contribution >= 4 is 33.0 Å². The predicted molar refractivity (Wildman–Crippen MR) is 72.9 cm³/mol. The highest BCUT2D eigenvalue weighted by Gasteiger charge is 2.11. The Bertz CT molecular complexity index is 577. The maximum Gasteiger partial charge on any atom is 0.151 e. The van der Waals surface area contributed by atoms with Gasteiger partial charge in [0.15, 0.2) is 11.6 Å². The summed E-state index contributed by atoms with van der Waals surface area (Å²) in [5, 5.41) is 2.71. The molecule has 2 nitrogen and oxygen atoms in total. The van der Waals surface area contributed by atoms with E-state index in [1.165, 1.54) is 0 Å². The van der Waals surface area contributed by atoms with Crippen LogP contribution in [0.1, 0.15) is 5.56 Å². The van der Waals surface area contributed by atoms with Gasteiger partial charge in [-0.3, -0.25) is 0 Å². The zero-order chi connectivity index (χ0) is 13.3. The largest absolute Gasteiger partial charge is 0.399 e. The number of nitrogens with two attached hydrogens (primary N) is 1. The van der Waals surface area contributed by atoms with Crippen LogP contribution in [0.5, 0.6) is 0 Å². The van der Waals surface area contributed by atoms with Crippen molar-refractivity contribution < 1.29 is 8.78 Å². The maximum absolute atomic E-state index is 13.6. The lowest BCUT2D eigenvalue weighted by atomic mass is 10.2. The Morgan fingerprint density at radius 2 is 1.72 bits per heavy atom. The van der Waals surface area contributed by atoms with E-state index in [2.05, 4.69) is 21.2 Å². The number of anilines is 3. The fraction of sp³-hybridized carbons (Fsp3) is 0.0769. The highest BCUT2D eigenvalue weighted by molar-refractivity contribution is 9.10. The van der Waals surface area contributed by atoms with Crippen molar-refractivity contribution in [2.24, 2.45) is 0 Å². The van der Waals surface area contributed by atoms with Crippen LogP contribution in [0, 0.1) is 18.6 Å². The zero-order valence-corrected chi connectivity index (χ0v) is 11.2. The molecule has 0 bridgehead atoms. The Hall–Kier alpha value is -1.62. The van der Waals surface area contributed by atoms with Crippen molar-refractivity contribution in [2.75, 3.05) is 11.1 Å². The number of nitrogens with one attached hydrogen (secondary N) is 1. The van der Waals surface area contributed by atoms with Gasteiger partial charge >= 0.3 is 0 Å². The number of hydrogen-bond acceptors (Lipinski definition) is 2. The van der Waals surface area contributed by atoms with E-state index in [-0.39, 0.29) is 11.4 Å². The van der Waals surface area contributed by atoms with Crippen LogP contribution in [0.25, 0.3) is 0 Å². The second kappa shape index (κ2) is 4.94. The molecule has 0 atom stereocenters. The van der Waals surface area contributed by atoms with Gasteiger partial charge in [0.2, 0.25) is 0 Å². The van der Waals surface area contributed by atoms with Crippen molar-refractivity contribution in [1.29, 1.82) is 0 Å². The summed E-state index contributed by atoms with van der Waals surface area (Å²) < 4.78 is 28.0. The maximum atomic E-state index is 13.6. The quantitative estimate of drug-likeness (QED) is 0.808. The fourth-order valence-corrected chi connectivity index (χ4v) is 2.16. The molecule has 0 amide bonds. The summed E-state index contributed by atoms with van der Waals surface area (Å²) in [6, 6.07) is 7.60. The Morgan fingerprint density at radius 1 is 1.11 bits per heavy atom. The number of aryl methyl sites for hydroxylation is 1. The highest BCUT2D eigenvalue weighted by atomic mass is 79.9. The summed E-state index contributed by atoms with van der Waals surface area (Å²) in [5.74, 6) is -1.44. The second-order valence-electron chi connectivity index (χ2n) is 3.97. The molecule has 2 aromatic rings. The molecule has 2 aromatic carbocycles. The molecule has 0 unspecified atom stereocenters. The van der Waals surface area contributed by atoms with Crippen molar-refractivity contribution in [3.05, 3.63) is 52.0 Å². The van der Waals surface area contributed by atoms with Crippen LogP contribution in [-0.2, 0) is 0 Å². The average molecular weight is 313 g/mol. The van der Waals surface area contributed by atoms with E-state index in [1.807, 2.05) is 19.1 Å². The third-order valence-corrected chi connectivity index (χ3v) is 3.10. The van der Waals surface area contributed by atoms with E-state index in [4.69, 9.17) is 5.73 Å². The zero-order valence-electron chi connectivity index (χ0n) is 9.60. The topological polar surface area (TPSA) is 38.0 Å². The summed E-state index contributed by atoms with van der Waals surface area (Å²) in [4.78, 5) is 0.